The second-order valence-electron chi connectivity index (χ2n) is 10.7. The predicted molar refractivity (Wildman–Crippen MR) is 150 cm³/mol. The second-order valence-corrected chi connectivity index (χ2v) is 11.7. The van der Waals surface area contributed by atoms with Crippen LogP contribution in [0.3, 0.4) is 0 Å². The molecule has 6 rings (SSSR count). The summed E-state index contributed by atoms with van der Waals surface area (Å²) in [5.74, 6) is 1.25. The summed E-state index contributed by atoms with van der Waals surface area (Å²) < 4.78 is 15.7. The van der Waals surface area contributed by atoms with Gasteiger partial charge in [0.25, 0.3) is 0 Å². The number of aryl methyl sites for hydroxylation is 1. The van der Waals surface area contributed by atoms with Crippen LogP contribution in [0.5, 0.6) is 0 Å². The van der Waals surface area contributed by atoms with Crippen LogP contribution in [-0.2, 0) is 11.3 Å². The lowest BCUT2D eigenvalue weighted by molar-refractivity contribution is -0.126. The lowest BCUT2D eigenvalue weighted by atomic mass is 9.81. The number of hydrogen-bond acceptors (Lipinski definition) is 6. The summed E-state index contributed by atoms with van der Waals surface area (Å²) in [7, 11) is 0. The maximum Gasteiger partial charge on any atom is 0.350 e. The highest BCUT2D eigenvalue weighted by atomic mass is 32.2. The van der Waals surface area contributed by atoms with E-state index < -0.39 is 0 Å². The maximum absolute atomic E-state index is 13.8. The van der Waals surface area contributed by atoms with E-state index in [0.29, 0.717) is 38.5 Å². The zero-order valence-electron chi connectivity index (χ0n) is 21.9. The lowest BCUT2D eigenvalue weighted by Crippen LogP contribution is -2.59. The Morgan fingerprint density at radius 2 is 1.87 bits per heavy atom. The number of piperazine rings is 1. The Hall–Kier alpha value is -3.17. The van der Waals surface area contributed by atoms with Gasteiger partial charge >= 0.3 is 5.69 Å². The Balaban J connectivity index is 1.52. The number of carbonyl (C=O) groups excluding carboxylic acids is 1. The number of thioether (sulfide) groups is 1. The van der Waals surface area contributed by atoms with Gasteiger partial charge in [-0.25, -0.2) is 9.18 Å². The van der Waals surface area contributed by atoms with Crippen molar-refractivity contribution in [3.63, 3.8) is 0 Å². The number of rotatable bonds is 4. The smallest absolute Gasteiger partial charge is 0.350 e. The van der Waals surface area contributed by atoms with Gasteiger partial charge in [0.1, 0.15) is 11.6 Å². The summed E-state index contributed by atoms with van der Waals surface area (Å²) >= 11 is 1.82. The van der Waals surface area contributed by atoms with Crippen molar-refractivity contribution in [2.24, 2.45) is 5.41 Å². The van der Waals surface area contributed by atoms with Crippen molar-refractivity contribution in [2.75, 3.05) is 56.5 Å². The molecule has 0 aliphatic carbocycles. The van der Waals surface area contributed by atoms with Crippen molar-refractivity contribution >= 4 is 34.4 Å². The topological polar surface area (TPSA) is 61.7 Å². The first kappa shape index (κ1) is 25.1. The fourth-order valence-corrected chi connectivity index (χ4v) is 7.72. The largest absolute Gasteiger partial charge is 0.352 e. The zero-order valence-corrected chi connectivity index (χ0v) is 22.7. The molecule has 3 aromatic rings. The summed E-state index contributed by atoms with van der Waals surface area (Å²) in [5.41, 5.74) is 3.78. The third-order valence-corrected chi connectivity index (χ3v) is 9.62. The van der Waals surface area contributed by atoms with Crippen LogP contribution in [0, 0.1) is 18.2 Å². The molecule has 0 bridgehead atoms. The molecule has 3 aliphatic rings. The number of nitrogens with zero attached hydrogens (tertiary/aromatic N) is 5. The third kappa shape index (κ3) is 4.12. The average molecular weight is 534 g/mol. The molecule has 9 heteroatoms. The normalized spacial score (nSPS) is 18.9. The minimum Gasteiger partial charge on any atom is -0.352 e. The maximum atomic E-state index is 13.8. The van der Waals surface area contributed by atoms with Crippen LogP contribution >= 0.6 is 11.8 Å². The van der Waals surface area contributed by atoms with Crippen LogP contribution in [0.4, 0.5) is 10.2 Å². The zero-order chi connectivity index (χ0) is 26.6. The Morgan fingerprint density at radius 1 is 1.16 bits per heavy atom. The number of likely N-dealkylation sites (tertiary alicyclic amines) is 1. The summed E-state index contributed by atoms with van der Waals surface area (Å²) in [6.45, 7) is 13.7. The second kappa shape index (κ2) is 9.54. The van der Waals surface area contributed by atoms with Gasteiger partial charge < -0.3 is 14.7 Å². The Bertz CT molecular complexity index is 1490. The van der Waals surface area contributed by atoms with Crippen molar-refractivity contribution < 1.29 is 9.18 Å². The van der Waals surface area contributed by atoms with Gasteiger partial charge in [0.15, 0.2) is 0 Å². The Kier molecular flexibility index (Phi) is 6.31. The third-order valence-electron chi connectivity index (χ3n) is 8.18. The number of carbonyl (C=O) groups is 1. The van der Waals surface area contributed by atoms with Gasteiger partial charge in [0.05, 0.1) is 5.52 Å². The molecule has 0 N–H and O–H groups in total. The Morgan fingerprint density at radius 3 is 2.53 bits per heavy atom. The van der Waals surface area contributed by atoms with Crippen molar-refractivity contribution in [3.8, 4) is 11.1 Å². The first-order valence-corrected chi connectivity index (χ1v) is 14.2. The molecule has 1 spiro atoms. The van der Waals surface area contributed by atoms with E-state index in [1.165, 1.54) is 18.2 Å². The van der Waals surface area contributed by atoms with Crippen LogP contribution in [0.2, 0.25) is 0 Å². The fraction of sp³-hybridized carbons (Fsp3) is 0.414. The molecule has 1 aromatic heterocycles. The highest BCUT2D eigenvalue weighted by molar-refractivity contribution is 7.99. The number of halogens is 1. The predicted octanol–water partition coefficient (Wildman–Crippen LogP) is 3.77. The monoisotopic (exact) mass is 533 g/mol. The van der Waals surface area contributed by atoms with E-state index in [4.69, 9.17) is 0 Å². The highest BCUT2D eigenvalue weighted by Gasteiger charge is 2.45. The van der Waals surface area contributed by atoms with Crippen molar-refractivity contribution in [1.29, 1.82) is 0 Å². The van der Waals surface area contributed by atoms with Crippen molar-refractivity contribution in [1.82, 2.24) is 19.4 Å². The first-order chi connectivity index (χ1) is 18.3. The molecule has 3 aliphatic heterocycles. The Labute approximate surface area is 225 Å². The molecule has 2 fully saturated rings. The van der Waals surface area contributed by atoms with E-state index in [0.717, 1.165) is 57.9 Å². The van der Waals surface area contributed by atoms with E-state index >= 15 is 0 Å². The molecular weight excluding hydrogens is 501 g/mol. The van der Waals surface area contributed by atoms with Gasteiger partial charge in [-0.2, -0.15) is 4.98 Å². The molecule has 0 unspecified atom stereocenters. The fourth-order valence-electron chi connectivity index (χ4n) is 6.22. The molecule has 7 nitrogen and oxygen atoms in total. The molecule has 1 amide bonds. The average Bonchev–Trinajstić information content (AvgIpc) is 3.09. The highest BCUT2D eigenvalue weighted by Crippen LogP contribution is 2.48. The van der Waals surface area contributed by atoms with Gasteiger partial charge in [0.2, 0.25) is 5.91 Å². The van der Waals surface area contributed by atoms with Crippen LogP contribution in [0.25, 0.3) is 22.0 Å². The molecule has 2 saturated heterocycles. The molecule has 198 valence electrons. The number of benzene rings is 2. The summed E-state index contributed by atoms with van der Waals surface area (Å²) in [4.78, 5) is 37.9. The molecule has 2 aromatic carbocycles. The van der Waals surface area contributed by atoms with Crippen molar-refractivity contribution in [3.05, 3.63) is 64.9 Å². The van der Waals surface area contributed by atoms with Crippen LogP contribution in [-0.4, -0.2) is 76.8 Å². The molecule has 0 atom stereocenters. The standard InChI is InChI=1S/C29H32FN5O2S/c1-4-23(36)33-10-12-34(13-11-33)27-22-14-19(3)24(20-6-8-21(30)9-7-20)26-25(22)35(28(37)31-27)17-29(18-38-26)15-32(5-2)16-29/h4,6-9,14H,1,5,10-13,15-18H2,2-3H3. The summed E-state index contributed by atoms with van der Waals surface area (Å²) in [6, 6.07) is 8.77. The quantitative estimate of drug-likeness (QED) is 0.476. The van der Waals surface area contributed by atoms with E-state index in [1.807, 2.05) is 28.5 Å². The van der Waals surface area contributed by atoms with E-state index in [1.54, 1.807) is 4.90 Å². The van der Waals surface area contributed by atoms with Gasteiger partial charge in [-0.05, 0) is 48.9 Å². The molecule has 0 saturated carbocycles. The summed E-state index contributed by atoms with van der Waals surface area (Å²) in [5, 5.41) is 0.961. The van der Waals surface area contributed by atoms with Gasteiger partial charge in [-0.1, -0.05) is 25.6 Å². The number of anilines is 1. The van der Waals surface area contributed by atoms with Gasteiger partial charge in [0, 0.05) is 72.8 Å². The van der Waals surface area contributed by atoms with E-state index in [2.05, 4.69) is 41.3 Å². The minimum absolute atomic E-state index is 0.0182. The molecule has 4 heterocycles. The number of amides is 1. The van der Waals surface area contributed by atoms with Crippen molar-refractivity contribution in [2.45, 2.75) is 25.3 Å². The summed E-state index contributed by atoms with van der Waals surface area (Å²) in [6.07, 6.45) is 1.35. The van der Waals surface area contributed by atoms with E-state index in [-0.39, 0.29) is 22.8 Å². The number of aromatic nitrogens is 2. The van der Waals surface area contributed by atoms with Gasteiger partial charge in [-0.3, -0.25) is 9.36 Å². The molecular formula is C29H32FN5O2S. The molecule has 38 heavy (non-hydrogen) atoms. The first-order valence-electron chi connectivity index (χ1n) is 13.2. The van der Waals surface area contributed by atoms with E-state index in [9.17, 15) is 14.0 Å². The van der Waals surface area contributed by atoms with Crippen LogP contribution < -0.4 is 10.6 Å². The lowest BCUT2D eigenvalue weighted by Gasteiger charge is -2.49. The van der Waals surface area contributed by atoms with Crippen LogP contribution in [0.1, 0.15) is 12.5 Å². The SMILES string of the molecule is C=CC(=O)N1CCN(c2nc(=O)n3c4c(c(-c5ccc(F)cc5)c(C)cc24)SCC2(CN(CC)C2)C3)CC1. The van der Waals surface area contributed by atoms with Crippen LogP contribution in [0.15, 0.2) is 52.7 Å². The number of hydrogen-bond donors (Lipinski definition) is 0. The van der Waals surface area contributed by atoms with Gasteiger partial charge in [-0.15, -0.1) is 11.8 Å². The molecule has 0 radical (unpaired) electrons. The minimum atomic E-state index is -0.267.